The summed E-state index contributed by atoms with van der Waals surface area (Å²) in [4.78, 5) is 17.6. The molecule has 140 valence electrons. The first-order chi connectivity index (χ1) is 12.9. The SMILES string of the molecule is O=C(NC1CCN(c2ccc3nncn3n2)C1)c1ccc(C(F)(F)F)nc1. The number of alkyl halides is 3. The van der Waals surface area contributed by atoms with Gasteiger partial charge in [0.25, 0.3) is 5.91 Å². The number of fused-ring (bicyclic) bond motifs is 1. The summed E-state index contributed by atoms with van der Waals surface area (Å²) in [7, 11) is 0. The second-order valence-electron chi connectivity index (χ2n) is 6.16. The number of halogens is 3. The lowest BCUT2D eigenvalue weighted by atomic mass is 10.2. The Morgan fingerprint density at radius 2 is 2.07 bits per heavy atom. The van der Waals surface area contributed by atoms with Crippen LogP contribution in [0.15, 0.2) is 36.8 Å². The summed E-state index contributed by atoms with van der Waals surface area (Å²) in [5.74, 6) is 0.278. The standard InChI is InChI=1S/C16H14F3N7O/c17-16(18,19)12-2-1-10(7-20-12)15(27)22-11-5-6-25(8-11)14-4-3-13-23-21-9-26(13)24-14/h1-4,7,9,11H,5-6,8H2,(H,22,27). The highest BCUT2D eigenvalue weighted by Gasteiger charge is 2.32. The number of rotatable bonds is 3. The summed E-state index contributed by atoms with van der Waals surface area (Å²) in [5.41, 5.74) is -0.301. The lowest BCUT2D eigenvalue weighted by Gasteiger charge is -2.17. The topological polar surface area (TPSA) is 88.3 Å². The fourth-order valence-electron chi connectivity index (χ4n) is 2.94. The van der Waals surface area contributed by atoms with Crippen molar-refractivity contribution < 1.29 is 18.0 Å². The number of carbonyl (C=O) groups excluding carboxylic acids is 1. The van der Waals surface area contributed by atoms with E-state index in [2.05, 4.69) is 25.6 Å². The molecule has 1 saturated heterocycles. The molecular formula is C16H14F3N7O. The number of hydrogen-bond acceptors (Lipinski definition) is 6. The minimum Gasteiger partial charge on any atom is -0.353 e. The highest BCUT2D eigenvalue weighted by atomic mass is 19.4. The van der Waals surface area contributed by atoms with Gasteiger partial charge in [0.2, 0.25) is 0 Å². The van der Waals surface area contributed by atoms with E-state index < -0.39 is 17.8 Å². The molecule has 1 atom stereocenters. The molecule has 1 amide bonds. The van der Waals surface area contributed by atoms with Crippen LogP contribution in [0.2, 0.25) is 0 Å². The molecule has 3 aromatic heterocycles. The van der Waals surface area contributed by atoms with E-state index in [9.17, 15) is 18.0 Å². The maximum absolute atomic E-state index is 12.5. The maximum atomic E-state index is 12.5. The second kappa shape index (κ2) is 6.49. The quantitative estimate of drug-likeness (QED) is 0.745. The van der Waals surface area contributed by atoms with Gasteiger partial charge >= 0.3 is 6.18 Å². The summed E-state index contributed by atoms with van der Waals surface area (Å²) < 4.78 is 39.2. The number of aromatic nitrogens is 5. The minimum absolute atomic E-state index is 0.0884. The van der Waals surface area contributed by atoms with Crippen molar-refractivity contribution in [1.82, 2.24) is 30.1 Å². The largest absolute Gasteiger partial charge is 0.433 e. The van der Waals surface area contributed by atoms with Crippen LogP contribution in [-0.2, 0) is 6.18 Å². The van der Waals surface area contributed by atoms with Crippen LogP contribution in [0.5, 0.6) is 0 Å². The molecule has 11 heteroatoms. The minimum atomic E-state index is -4.53. The predicted octanol–water partition coefficient (Wildman–Crippen LogP) is 1.55. The average Bonchev–Trinajstić information content (AvgIpc) is 3.29. The van der Waals surface area contributed by atoms with Gasteiger partial charge in [0.05, 0.1) is 5.56 Å². The Morgan fingerprint density at radius 1 is 1.22 bits per heavy atom. The highest BCUT2D eigenvalue weighted by Crippen LogP contribution is 2.27. The summed E-state index contributed by atoms with van der Waals surface area (Å²) in [6, 6.07) is 5.41. The van der Waals surface area contributed by atoms with Gasteiger partial charge in [-0.3, -0.25) is 9.78 Å². The van der Waals surface area contributed by atoms with Crippen molar-refractivity contribution in [2.24, 2.45) is 0 Å². The molecule has 1 N–H and O–H groups in total. The first-order valence-electron chi connectivity index (χ1n) is 8.16. The van der Waals surface area contributed by atoms with Gasteiger partial charge in [-0.2, -0.15) is 17.7 Å². The van der Waals surface area contributed by atoms with Crippen LogP contribution in [-0.4, -0.2) is 49.8 Å². The third-order valence-electron chi connectivity index (χ3n) is 4.31. The van der Waals surface area contributed by atoms with Gasteiger partial charge in [-0.1, -0.05) is 0 Å². The van der Waals surface area contributed by atoms with Crippen LogP contribution in [0.1, 0.15) is 22.5 Å². The van der Waals surface area contributed by atoms with Crippen LogP contribution in [0.4, 0.5) is 19.0 Å². The van der Waals surface area contributed by atoms with E-state index >= 15 is 0 Å². The molecule has 0 radical (unpaired) electrons. The smallest absolute Gasteiger partial charge is 0.353 e. The number of anilines is 1. The number of carbonyl (C=O) groups is 1. The van der Waals surface area contributed by atoms with Crippen LogP contribution >= 0.6 is 0 Å². The molecule has 4 heterocycles. The summed E-state index contributed by atoms with van der Waals surface area (Å²) >= 11 is 0. The Labute approximate surface area is 151 Å². The third-order valence-corrected chi connectivity index (χ3v) is 4.31. The van der Waals surface area contributed by atoms with Crippen LogP contribution in [0.25, 0.3) is 5.65 Å². The van der Waals surface area contributed by atoms with E-state index in [4.69, 9.17) is 0 Å². The van der Waals surface area contributed by atoms with Crippen LogP contribution in [0.3, 0.4) is 0 Å². The molecule has 3 aromatic rings. The summed E-state index contributed by atoms with van der Waals surface area (Å²) in [5, 5.41) is 14.9. The van der Waals surface area contributed by atoms with Crippen LogP contribution in [0, 0.1) is 0 Å². The molecule has 1 aliphatic rings. The first-order valence-corrected chi connectivity index (χ1v) is 8.16. The molecule has 1 aliphatic heterocycles. The van der Waals surface area contributed by atoms with E-state index in [0.29, 0.717) is 25.2 Å². The maximum Gasteiger partial charge on any atom is 0.433 e. The van der Waals surface area contributed by atoms with Gasteiger partial charge in [-0.15, -0.1) is 15.3 Å². The summed E-state index contributed by atoms with van der Waals surface area (Å²) in [6.45, 7) is 1.23. The molecule has 0 saturated carbocycles. The highest BCUT2D eigenvalue weighted by molar-refractivity contribution is 5.94. The average molecular weight is 377 g/mol. The zero-order valence-corrected chi connectivity index (χ0v) is 13.9. The Morgan fingerprint density at radius 3 is 2.81 bits per heavy atom. The molecule has 0 spiro atoms. The number of nitrogens with one attached hydrogen (secondary N) is 1. The molecule has 0 aromatic carbocycles. The van der Waals surface area contributed by atoms with Crippen molar-refractivity contribution in [2.45, 2.75) is 18.6 Å². The zero-order chi connectivity index (χ0) is 19.0. The molecule has 0 bridgehead atoms. The molecule has 27 heavy (non-hydrogen) atoms. The lowest BCUT2D eigenvalue weighted by Crippen LogP contribution is -2.37. The molecule has 8 nitrogen and oxygen atoms in total. The van der Waals surface area contributed by atoms with Crippen LogP contribution < -0.4 is 10.2 Å². The fourth-order valence-corrected chi connectivity index (χ4v) is 2.94. The van der Waals surface area contributed by atoms with E-state index in [-0.39, 0.29) is 11.6 Å². The van der Waals surface area contributed by atoms with Gasteiger partial charge < -0.3 is 10.2 Å². The lowest BCUT2D eigenvalue weighted by molar-refractivity contribution is -0.141. The molecule has 1 unspecified atom stereocenters. The third kappa shape index (κ3) is 3.52. The first kappa shape index (κ1) is 17.2. The van der Waals surface area contributed by atoms with Gasteiger partial charge in [0, 0.05) is 25.3 Å². The zero-order valence-electron chi connectivity index (χ0n) is 13.9. The van der Waals surface area contributed by atoms with Crippen molar-refractivity contribution in [3.8, 4) is 0 Å². The monoisotopic (exact) mass is 377 g/mol. The number of amides is 1. The van der Waals surface area contributed by atoms with E-state index in [1.807, 2.05) is 11.0 Å². The molecular weight excluding hydrogens is 363 g/mol. The Hall–Kier alpha value is -3.24. The van der Waals surface area contributed by atoms with Crippen molar-refractivity contribution >= 4 is 17.4 Å². The van der Waals surface area contributed by atoms with Gasteiger partial charge in [0.15, 0.2) is 5.65 Å². The number of nitrogens with zero attached hydrogens (tertiary/aromatic N) is 6. The fraction of sp³-hybridized carbons (Fsp3) is 0.312. The van der Waals surface area contributed by atoms with Crippen molar-refractivity contribution in [3.05, 3.63) is 48.0 Å². The molecule has 1 fully saturated rings. The summed E-state index contributed by atoms with van der Waals surface area (Å²) in [6.07, 6.45) is -1.39. The van der Waals surface area contributed by atoms with Gasteiger partial charge in [-0.05, 0) is 30.7 Å². The number of pyridine rings is 1. The van der Waals surface area contributed by atoms with E-state index in [1.165, 1.54) is 6.33 Å². The Bertz CT molecular complexity index is 970. The Balaban J connectivity index is 1.39. The molecule has 4 rings (SSSR count). The predicted molar refractivity (Wildman–Crippen MR) is 88.1 cm³/mol. The molecule has 0 aliphatic carbocycles. The van der Waals surface area contributed by atoms with E-state index in [1.54, 1.807) is 10.6 Å². The van der Waals surface area contributed by atoms with Gasteiger partial charge in [-0.25, -0.2) is 0 Å². The van der Waals surface area contributed by atoms with E-state index in [0.717, 1.165) is 24.1 Å². The Kier molecular flexibility index (Phi) is 4.13. The normalized spacial score (nSPS) is 17.4. The van der Waals surface area contributed by atoms with Gasteiger partial charge in [0.1, 0.15) is 17.8 Å². The van der Waals surface area contributed by atoms with Crippen molar-refractivity contribution in [3.63, 3.8) is 0 Å². The van der Waals surface area contributed by atoms with Crippen molar-refractivity contribution in [2.75, 3.05) is 18.0 Å². The number of hydrogen-bond donors (Lipinski definition) is 1. The van der Waals surface area contributed by atoms with Crippen molar-refractivity contribution in [1.29, 1.82) is 0 Å². The second-order valence-corrected chi connectivity index (χ2v) is 6.16.